The molecule has 0 bridgehead atoms. The molecule has 1 N–H and O–H groups in total. The van der Waals surface area contributed by atoms with E-state index in [1.165, 1.54) is 6.20 Å². The molecular formula is C13H7BrClN3O. The van der Waals surface area contributed by atoms with Crippen LogP contribution >= 0.6 is 27.5 Å². The van der Waals surface area contributed by atoms with Crippen LogP contribution in [0.5, 0.6) is 0 Å². The van der Waals surface area contributed by atoms with E-state index in [-0.39, 0.29) is 10.7 Å². The third-order valence-corrected chi connectivity index (χ3v) is 3.15. The van der Waals surface area contributed by atoms with E-state index >= 15 is 0 Å². The van der Waals surface area contributed by atoms with Crippen molar-refractivity contribution in [3.63, 3.8) is 0 Å². The van der Waals surface area contributed by atoms with Crippen LogP contribution in [0.25, 0.3) is 0 Å². The molecular weight excluding hydrogens is 330 g/mol. The number of nitriles is 1. The maximum Gasteiger partial charge on any atom is 0.258 e. The van der Waals surface area contributed by atoms with E-state index < -0.39 is 5.91 Å². The Balaban J connectivity index is 2.32. The van der Waals surface area contributed by atoms with Crippen LogP contribution in [0.2, 0.25) is 5.15 Å². The molecule has 6 heteroatoms. The van der Waals surface area contributed by atoms with Gasteiger partial charge in [-0.15, -0.1) is 0 Å². The maximum absolute atomic E-state index is 12.1. The smallest absolute Gasteiger partial charge is 0.258 e. The normalized spacial score (nSPS) is 9.74. The van der Waals surface area contributed by atoms with Crippen LogP contribution < -0.4 is 5.32 Å². The van der Waals surface area contributed by atoms with Crippen molar-refractivity contribution >= 4 is 39.1 Å². The third kappa shape index (κ3) is 3.11. The second-order valence-electron chi connectivity index (χ2n) is 3.60. The molecule has 0 aliphatic heterocycles. The first kappa shape index (κ1) is 13.5. The molecule has 19 heavy (non-hydrogen) atoms. The number of carbonyl (C=O) groups excluding carboxylic acids is 1. The standard InChI is InChI=1S/C13H7BrClN3O/c14-9-4-3-8(7-16)11(6-9)18-13(19)10-2-1-5-17-12(10)15/h1-6H,(H,18,19). The average Bonchev–Trinajstić information content (AvgIpc) is 2.39. The molecule has 0 saturated heterocycles. The zero-order chi connectivity index (χ0) is 13.8. The summed E-state index contributed by atoms with van der Waals surface area (Å²) in [5, 5.41) is 11.8. The lowest BCUT2D eigenvalue weighted by molar-refractivity contribution is 0.102. The van der Waals surface area contributed by atoms with E-state index in [4.69, 9.17) is 16.9 Å². The van der Waals surface area contributed by atoms with Gasteiger partial charge in [-0.25, -0.2) is 4.98 Å². The number of rotatable bonds is 2. The van der Waals surface area contributed by atoms with Gasteiger partial charge in [0.25, 0.3) is 5.91 Å². The summed E-state index contributed by atoms with van der Waals surface area (Å²) in [6.07, 6.45) is 1.50. The molecule has 0 unspecified atom stereocenters. The van der Waals surface area contributed by atoms with Crippen molar-refractivity contribution in [1.29, 1.82) is 5.26 Å². The summed E-state index contributed by atoms with van der Waals surface area (Å²) in [4.78, 5) is 15.9. The molecule has 0 aliphatic carbocycles. The van der Waals surface area contributed by atoms with Crippen molar-refractivity contribution in [3.8, 4) is 6.07 Å². The molecule has 0 spiro atoms. The Morgan fingerprint density at radius 3 is 2.89 bits per heavy atom. The number of halogens is 2. The predicted octanol–water partition coefficient (Wildman–Crippen LogP) is 3.62. The van der Waals surface area contributed by atoms with Crippen molar-refractivity contribution in [2.24, 2.45) is 0 Å². The van der Waals surface area contributed by atoms with Gasteiger partial charge in [-0.3, -0.25) is 4.79 Å². The Bertz CT molecular complexity index is 682. The van der Waals surface area contributed by atoms with Gasteiger partial charge < -0.3 is 5.32 Å². The van der Waals surface area contributed by atoms with E-state index in [1.807, 2.05) is 6.07 Å². The molecule has 0 saturated carbocycles. The van der Waals surface area contributed by atoms with Crippen LogP contribution in [-0.4, -0.2) is 10.9 Å². The van der Waals surface area contributed by atoms with E-state index in [0.29, 0.717) is 11.3 Å². The Kier molecular flexibility index (Phi) is 4.15. The number of carbonyl (C=O) groups is 1. The zero-order valence-electron chi connectivity index (χ0n) is 9.52. The fourth-order valence-corrected chi connectivity index (χ4v) is 2.03. The minimum atomic E-state index is -0.410. The highest BCUT2D eigenvalue weighted by atomic mass is 79.9. The van der Waals surface area contributed by atoms with Gasteiger partial charge in [0.05, 0.1) is 16.8 Å². The van der Waals surface area contributed by atoms with Crippen LogP contribution in [-0.2, 0) is 0 Å². The Labute approximate surface area is 123 Å². The van der Waals surface area contributed by atoms with Crippen LogP contribution in [0.4, 0.5) is 5.69 Å². The third-order valence-electron chi connectivity index (χ3n) is 2.35. The number of anilines is 1. The average molecular weight is 337 g/mol. The van der Waals surface area contributed by atoms with Gasteiger partial charge in [-0.05, 0) is 30.3 Å². The summed E-state index contributed by atoms with van der Waals surface area (Å²) in [7, 11) is 0. The summed E-state index contributed by atoms with van der Waals surface area (Å²) >= 11 is 9.13. The second-order valence-corrected chi connectivity index (χ2v) is 4.87. The molecule has 4 nitrogen and oxygen atoms in total. The van der Waals surface area contributed by atoms with Crippen molar-refractivity contribution in [1.82, 2.24) is 4.98 Å². The molecule has 1 aromatic heterocycles. The van der Waals surface area contributed by atoms with Crippen LogP contribution in [0.3, 0.4) is 0 Å². The summed E-state index contributed by atoms with van der Waals surface area (Å²) in [5.74, 6) is -0.410. The molecule has 0 aliphatic rings. The lowest BCUT2D eigenvalue weighted by Crippen LogP contribution is -2.13. The molecule has 0 fully saturated rings. The first-order valence-corrected chi connectivity index (χ1v) is 6.40. The first-order chi connectivity index (χ1) is 9.11. The zero-order valence-corrected chi connectivity index (χ0v) is 11.9. The Morgan fingerprint density at radius 1 is 1.42 bits per heavy atom. The number of pyridine rings is 1. The SMILES string of the molecule is N#Cc1ccc(Br)cc1NC(=O)c1cccnc1Cl. The minimum Gasteiger partial charge on any atom is -0.321 e. The van der Waals surface area contributed by atoms with Crippen LogP contribution in [0.1, 0.15) is 15.9 Å². The van der Waals surface area contributed by atoms with Crippen LogP contribution in [0.15, 0.2) is 41.0 Å². The van der Waals surface area contributed by atoms with Gasteiger partial charge >= 0.3 is 0 Å². The number of nitrogens with one attached hydrogen (secondary N) is 1. The molecule has 0 radical (unpaired) electrons. The van der Waals surface area contributed by atoms with Crippen molar-refractivity contribution < 1.29 is 4.79 Å². The van der Waals surface area contributed by atoms with Gasteiger partial charge in [0.1, 0.15) is 11.2 Å². The highest BCUT2D eigenvalue weighted by Crippen LogP contribution is 2.22. The second kappa shape index (κ2) is 5.83. The number of amides is 1. The minimum absolute atomic E-state index is 0.119. The van der Waals surface area contributed by atoms with Crippen molar-refractivity contribution in [2.45, 2.75) is 0 Å². The summed E-state index contributed by atoms with van der Waals surface area (Å²) < 4.78 is 0.763. The highest BCUT2D eigenvalue weighted by molar-refractivity contribution is 9.10. The molecule has 1 aromatic carbocycles. The summed E-state index contributed by atoms with van der Waals surface area (Å²) in [5.41, 5.74) is 1.05. The predicted molar refractivity (Wildman–Crippen MR) is 76.1 cm³/mol. The highest BCUT2D eigenvalue weighted by Gasteiger charge is 2.13. The largest absolute Gasteiger partial charge is 0.321 e. The number of hydrogen-bond acceptors (Lipinski definition) is 3. The Morgan fingerprint density at radius 2 is 2.21 bits per heavy atom. The van der Waals surface area contributed by atoms with E-state index in [0.717, 1.165) is 4.47 Å². The van der Waals surface area contributed by atoms with Gasteiger partial charge in [0.15, 0.2) is 0 Å². The van der Waals surface area contributed by atoms with Gasteiger partial charge in [-0.1, -0.05) is 27.5 Å². The van der Waals surface area contributed by atoms with Gasteiger partial charge in [0.2, 0.25) is 0 Å². The molecule has 2 aromatic rings. The summed E-state index contributed by atoms with van der Waals surface area (Å²) in [6.45, 7) is 0. The molecule has 2 rings (SSSR count). The van der Waals surface area contributed by atoms with Gasteiger partial charge in [0, 0.05) is 10.7 Å². The van der Waals surface area contributed by atoms with Gasteiger partial charge in [-0.2, -0.15) is 5.26 Å². The van der Waals surface area contributed by atoms with Crippen molar-refractivity contribution in [2.75, 3.05) is 5.32 Å². The first-order valence-electron chi connectivity index (χ1n) is 5.23. The quantitative estimate of drug-likeness (QED) is 0.852. The Hall–Kier alpha value is -1.90. The number of nitrogens with zero attached hydrogens (tertiary/aromatic N) is 2. The summed E-state index contributed by atoms with van der Waals surface area (Å²) in [6, 6.07) is 10.2. The van der Waals surface area contributed by atoms with E-state index in [9.17, 15) is 4.79 Å². The fourth-order valence-electron chi connectivity index (χ4n) is 1.46. The molecule has 1 amide bonds. The number of hydrogen-bond donors (Lipinski definition) is 1. The topological polar surface area (TPSA) is 65.8 Å². The van der Waals surface area contributed by atoms with E-state index in [1.54, 1.807) is 30.3 Å². The fraction of sp³-hybridized carbons (Fsp3) is 0. The lowest BCUT2D eigenvalue weighted by Gasteiger charge is -2.08. The maximum atomic E-state index is 12.1. The number of benzene rings is 1. The lowest BCUT2D eigenvalue weighted by atomic mass is 10.2. The van der Waals surface area contributed by atoms with Crippen LogP contribution in [0, 0.1) is 11.3 Å². The molecule has 94 valence electrons. The molecule has 0 atom stereocenters. The number of aromatic nitrogens is 1. The monoisotopic (exact) mass is 335 g/mol. The molecule has 1 heterocycles. The van der Waals surface area contributed by atoms with E-state index in [2.05, 4.69) is 26.2 Å². The van der Waals surface area contributed by atoms with Crippen molar-refractivity contribution in [3.05, 3.63) is 57.3 Å².